The second kappa shape index (κ2) is 5.02. The molecule has 0 unspecified atom stereocenters. The lowest BCUT2D eigenvalue weighted by molar-refractivity contribution is -0.386. The maximum Gasteiger partial charge on any atom is 0.312 e. The molecule has 0 radical (unpaired) electrons. The minimum atomic E-state index is -0.664. The number of phenolic OH excluding ortho intramolecular Hbond substituents is 1. The van der Waals surface area contributed by atoms with Gasteiger partial charge in [-0.3, -0.25) is 10.1 Å². The summed E-state index contributed by atoms with van der Waals surface area (Å²) in [4.78, 5) is 10.2. The highest BCUT2D eigenvalue weighted by molar-refractivity contribution is 5.57. The van der Waals surface area contributed by atoms with Crippen molar-refractivity contribution in [2.75, 3.05) is 6.54 Å². The lowest BCUT2D eigenvalue weighted by Crippen LogP contribution is -2.27. The topological polar surface area (TPSA) is 99.2 Å². The van der Waals surface area contributed by atoms with Crippen molar-refractivity contribution >= 4 is 5.69 Å². The molecule has 2 N–H and O–H groups in total. The van der Waals surface area contributed by atoms with E-state index in [1.165, 1.54) is 6.07 Å². The summed E-state index contributed by atoms with van der Waals surface area (Å²) < 4.78 is 0. The van der Waals surface area contributed by atoms with Gasteiger partial charge in [0.25, 0.3) is 0 Å². The Balaban J connectivity index is 2.48. The summed E-state index contributed by atoms with van der Waals surface area (Å²) in [5, 5.41) is 32.9. The summed E-state index contributed by atoms with van der Waals surface area (Å²) in [6.07, 6.45) is 2.86. The van der Waals surface area contributed by atoms with E-state index in [9.17, 15) is 15.2 Å². The minimum Gasteiger partial charge on any atom is -0.502 e. The van der Waals surface area contributed by atoms with Gasteiger partial charge < -0.3 is 10.4 Å². The second-order valence-corrected chi connectivity index (χ2v) is 4.30. The van der Waals surface area contributed by atoms with Gasteiger partial charge in [-0.2, -0.15) is 5.26 Å². The highest BCUT2D eigenvalue weighted by Crippen LogP contribution is 2.37. The van der Waals surface area contributed by atoms with E-state index in [0.29, 0.717) is 5.56 Å². The van der Waals surface area contributed by atoms with E-state index in [2.05, 4.69) is 5.32 Å². The number of rotatable bonds is 2. The first-order valence-corrected chi connectivity index (χ1v) is 5.78. The molecule has 1 aromatic rings. The summed E-state index contributed by atoms with van der Waals surface area (Å²) in [6.45, 7) is 0.814. The Kier molecular flexibility index (Phi) is 3.44. The van der Waals surface area contributed by atoms with Crippen molar-refractivity contribution in [3.05, 3.63) is 33.4 Å². The third-order valence-electron chi connectivity index (χ3n) is 3.13. The Hall–Kier alpha value is -2.13. The number of phenols is 1. The predicted octanol–water partition coefficient (Wildman–Crippen LogP) is 1.99. The van der Waals surface area contributed by atoms with Crippen LogP contribution in [-0.2, 0) is 0 Å². The van der Waals surface area contributed by atoms with Crippen LogP contribution < -0.4 is 5.32 Å². The highest BCUT2D eigenvalue weighted by Gasteiger charge is 2.25. The van der Waals surface area contributed by atoms with Crippen molar-refractivity contribution in [3.8, 4) is 11.8 Å². The van der Waals surface area contributed by atoms with Gasteiger partial charge in [-0.15, -0.1) is 0 Å². The van der Waals surface area contributed by atoms with Crippen LogP contribution in [0.15, 0.2) is 12.1 Å². The number of benzene rings is 1. The zero-order valence-corrected chi connectivity index (χ0v) is 9.72. The molecule has 1 aliphatic heterocycles. The fraction of sp³-hybridized carbons (Fsp3) is 0.417. The molecule has 1 atom stereocenters. The van der Waals surface area contributed by atoms with Crippen LogP contribution >= 0.6 is 0 Å². The SMILES string of the molecule is N#Cc1cc([C@@H]2CCCCN2)c(O)c([N+](=O)[O-])c1. The third-order valence-corrected chi connectivity index (χ3v) is 3.13. The number of nitriles is 1. The standard InChI is InChI=1S/C12H13N3O3/c13-7-8-5-9(10-3-1-2-4-14-10)12(16)11(6-8)15(17)18/h5-6,10,14,16H,1-4H2/t10-/m0/s1. The minimum absolute atomic E-state index is 0.120. The largest absolute Gasteiger partial charge is 0.502 e. The van der Waals surface area contributed by atoms with Crippen molar-refractivity contribution in [2.45, 2.75) is 25.3 Å². The molecule has 0 aliphatic carbocycles. The molecule has 1 saturated heterocycles. The molecule has 2 rings (SSSR count). The van der Waals surface area contributed by atoms with Crippen LogP contribution in [0.1, 0.15) is 36.4 Å². The summed E-state index contributed by atoms with van der Waals surface area (Å²) in [7, 11) is 0. The smallest absolute Gasteiger partial charge is 0.312 e. The molecule has 1 heterocycles. The van der Waals surface area contributed by atoms with E-state index in [1.807, 2.05) is 6.07 Å². The van der Waals surface area contributed by atoms with E-state index in [0.717, 1.165) is 31.9 Å². The summed E-state index contributed by atoms with van der Waals surface area (Å²) in [5.74, 6) is -0.335. The van der Waals surface area contributed by atoms with E-state index in [4.69, 9.17) is 5.26 Å². The first-order valence-electron chi connectivity index (χ1n) is 5.78. The number of piperidine rings is 1. The second-order valence-electron chi connectivity index (χ2n) is 4.30. The molecule has 1 aromatic carbocycles. The molecule has 0 spiro atoms. The van der Waals surface area contributed by atoms with Gasteiger partial charge in [-0.1, -0.05) is 6.42 Å². The van der Waals surface area contributed by atoms with Gasteiger partial charge in [-0.25, -0.2) is 0 Å². The molecule has 1 aliphatic rings. The quantitative estimate of drug-likeness (QED) is 0.615. The van der Waals surface area contributed by atoms with E-state index < -0.39 is 10.6 Å². The van der Waals surface area contributed by atoms with Crippen LogP contribution in [-0.4, -0.2) is 16.6 Å². The summed E-state index contributed by atoms with van der Waals surface area (Å²) in [6, 6.07) is 4.38. The number of hydrogen-bond donors (Lipinski definition) is 2. The number of nitro groups is 1. The van der Waals surface area contributed by atoms with E-state index in [-0.39, 0.29) is 17.4 Å². The summed E-state index contributed by atoms with van der Waals surface area (Å²) >= 11 is 0. The van der Waals surface area contributed by atoms with Gasteiger partial charge in [-0.05, 0) is 25.5 Å². The van der Waals surface area contributed by atoms with Crippen LogP contribution in [0.5, 0.6) is 5.75 Å². The van der Waals surface area contributed by atoms with Crippen molar-refractivity contribution in [2.24, 2.45) is 0 Å². The number of nitro benzene ring substituents is 1. The molecular formula is C12H13N3O3. The molecule has 94 valence electrons. The number of nitrogens with zero attached hydrogens (tertiary/aromatic N) is 2. The average Bonchev–Trinajstić information content (AvgIpc) is 2.39. The van der Waals surface area contributed by atoms with Crippen LogP contribution in [0, 0.1) is 21.4 Å². The maximum absolute atomic E-state index is 10.8. The highest BCUT2D eigenvalue weighted by atomic mass is 16.6. The third kappa shape index (κ3) is 2.26. The van der Waals surface area contributed by atoms with E-state index >= 15 is 0 Å². The van der Waals surface area contributed by atoms with Crippen molar-refractivity contribution in [3.63, 3.8) is 0 Å². The Morgan fingerprint density at radius 1 is 1.50 bits per heavy atom. The maximum atomic E-state index is 10.8. The molecule has 0 bridgehead atoms. The molecular weight excluding hydrogens is 234 g/mol. The first-order chi connectivity index (χ1) is 8.63. The molecule has 6 nitrogen and oxygen atoms in total. The van der Waals surface area contributed by atoms with Crippen LogP contribution in [0.2, 0.25) is 0 Å². The van der Waals surface area contributed by atoms with Gasteiger partial charge >= 0.3 is 5.69 Å². The van der Waals surface area contributed by atoms with Crippen molar-refractivity contribution in [1.29, 1.82) is 5.26 Å². The molecule has 1 fully saturated rings. The van der Waals surface area contributed by atoms with Gasteiger partial charge in [0.1, 0.15) is 0 Å². The lowest BCUT2D eigenvalue weighted by Gasteiger charge is -2.24. The van der Waals surface area contributed by atoms with Gasteiger partial charge in [0.2, 0.25) is 0 Å². The number of hydrogen-bond acceptors (Lipinski definition) is 5. The van der Waals surface area contributed by atoms with Crippen LogP contribution in [0.25, 0.3) is 0 Å². The monoisotopic (exact) mass is 247 g/mol. The molecule has 0 saturated carbocycles. The Morgan fingerprint density at radius 3 is 2.83 bits per heavy atom. The average molecular weight is 247 g/mol. The number of aromatic hydroxyl groups is 1. The molecule has 18 heavy (non-hydrogen) atoms. The van der Waals surface area contributed by atoms with Crippen LogP contribution in [0.4, 0.5) is 5.69 Å². The Bertz CT molecular complexity index is 516. The molecule has 6 heteroatoms. The van der Waals surface area contributed by atoms with Gasteiger partial charge in [0.05, 0.1) is 16.6 Å². The Morgan fingerprint density at radius 2 is 2.28 bits per heavy atom. The fourth-order valence-corrected chi connectivity index (χ4v) is 2.23. The van der Waals surface area contributed by atoms with E-state index in [1.54, 1.807) is 0 Å². The van der Waals surface area contributed by atoms with Crippen LogP contribution in [0.3, 0.4) is 0 Å². The van der Waals surface area contributed by atoms with Crippen molar-refractivity contribution < 1.29 is 10.0 Å². The number of nitrogens with one attached hydrogen (secondary N) is 1. The van der Waals surface area contributed by atoms with Gasteiger partial charge in [0.15, 0.2) is 5.75 Å². The van der Waals surface area contributed by atoms with Gasteiger partial charge in [0, 0.05) is 17.7 Å². The molecule has 0 amide bonds. The Labute approximate surface area is 104 Å². The zero-order valence-electron chi connectivity index (χ0n) is 9.72. The normalized spacial score (nSPS) is 19.2. The van der Waals surface area contributed by atoms with Crippen molar-refractivity contribution in [1.82, 2.24) is 5.32 Å². The summed E-state index contributed by atoms with van der Waals surface area (Å²) in [5.41, 5.74) is 0.235. The fourth-order valence-electron chi connectivity index (χ4n) is 2.23. The zero-order chi connectivity index (χ0) is 13.1. The lowest BCUT2D eigenvalue weighted by atomic mass is 9.95. The predicted molar refractivity (Wildman–Crippen MR) is 64.1 cm³/mol. The first kappa shape index (κ1) is 12.3. The molecule has 0 aromatic heterocycles.